The van der Waals surface area contributed by atoms with Crippen LogP contribution in [0.3, 0.4) is 0 Å². The molecule has 0 spiro atoms. The zero-order valence-electron chi connectivity index (χ0n) is 10.1. The number of hydrogen-bond acceptors (Lipinski definition) is 6. The van der Waals surface area contributed by atoms with Gasteiger partial charge in [-0.05, 0) is 35.7 Å². The van der Waals surface area contributed by atoms with Crippen molar-refractivity contribution in [1.82, 2.24) is 19.9 Å². The van der Waals surface area contributed by atoms with E-state index in [1.54, 1.807) is 13.2 Å². The summed E-state index contributed by atoms with van der Waals surface area (Å²) in [4.78, 5) is 16.1. The minimum Gasteiger partial charge on any atom is -0.357 e. The predicted octanol–water partition coefficient (Wildman–Crippen LogP) is 1.88. The highest BCUT2D eigenvalue weighted by molar-refractivity contribution is 6.28. The average molecular weight is 265 g/mol. The first-order chi connectivity index (χ1) is 8.69. The number of nitrogens with one attached hydrogen (secondary N) is 2. The van der Waals surface area contributed by atoms with Gasteiger partial charge in [0.05, 0.1) is 0 Å². The van der Waals surface area contributed by atoms with E-state index in [-0.39, 0.29) is 5.28 Å². The molecule has 2 aromatic heterocycles. The van der Waals surface area contributed by atoms with Gasteiger partial charge in [0.25, 0.3) is 0 Å². The lowest BCUT2D eigenvalue weighted by Crippen LogP contribution is -2.08. The van der Waals surface area contributed by atoms with Gasteiger partial charge in [-0.2, -0.15) is 15.0 Å². The van der Waals surface area contributed by atoms with Crippen LogP contribution in [0, 0.1) is 6.92 Å². The molecule has 0 radical (unpaired) electrons. The SMILES string of the molecule is CNc1nc(Cl)nc(NCc2ccncc2C)n1. The second kappa shape index (κ2) is 5.59. The van der Waals surface area contributed by atoms with Crippen LogP contribution in [0.5, 0.6) is 0 Å². The van der Waals surface area contributed by atoms with Crippen molar-refractivity contribution in [2.24, 2.45) is 0 Å². The first-order valence-electron chi connectivity index (χ1n) is 5.41. The second-order valence-corrected chi connectivity index (χ2v) is 4.00. The molecule has 6 nitrogen and oxygen atoms in total. The quantitative estimate of drug-likeness (QED) is 0.878. The molecule has 0 saturated carbocycles. The number of rotatable bonds is 4. The molecule has 0 bridgehead atoms. The third-order valence-corrected chi connectivity index (χ3v) is 2.57. The van der Waals surface area contributed by atoms with E-state index in [9.17, 15) is 0 Å². The number of aryl methyl sites for hydroxylation is 1. The minimum absolute atomic E-state index is 0.156. The lowest BCUT2D eigenvalue weighted by Gasteiger charge is -2.08. The van der Waals surface area contributed by atoms with Crippen molar-refractivity contribution in [3.05, 3.63) is 34.9 Å². The summed E-state index contributed by atoms with van der Waals surface area (Å²) in [5.74, 6) is 0.875. The largest absolute Gasteiger partial charge is 0.357 e. The molecule has 0 amide bonds. The molecule has 2 aromatic rings. The summed E-state index contributed by atoms with van der Waals surface area (Å²) in [6.45, 7) is 2.61. The molecular formula is C11H13ClN6. The minimum atomic E-state index is 0.156. The average Bonchev–Trinajstić information content (AvgIpc) is 2.37. The van der Waals surface area contributed by atoms with Gasteiger partial charge in [-0.1, -0.05) is 0 Å². The van der Waals surface area contributed by atoms with E-state index in [0.29, 0.717) is 18.4 Å². The molecule has 0 aromatic carbocycles. The van der Waals surface area contributed by atoms with Crippen molar-refractivity contribution < 1.29 is 0 Å². The molecule has 7 heteroatoms. The Kier molecular flexibility index (Phi) is 3.88. The maximum absolute atomic E-state index is 5.79. The molecule has 2 heterocycles. The van der Waals surface area contributed by atoms with Crippen LogP contribution < -0.4 is 10.6 Å². The van der Waals surface area contributed by atoms with Crippen molar-refractivity contribution in [1.29, 1.82) is 0 Å². The van der Waals surface area contributed by atoms with Gasteiger partial charge in [0.1, 0.15) is 0 Å². The predicted molar refractivity (Wildman–Crippen MR) is 70.7 cm³/mol. The highest BCUT2D eigenvalue weighted by Gasteiger charge is 2.04. The fraction of sp³-hybridized carbons (Fsp3) is 0.273. The smallest absolute Gasteiger partial charge is 0.229 e. The summed E-state index contributed by atoms with van der Waals surface area (Å²) >= 11 is 5.79. The zero-order valence-corrected chi connectivity index (χ0v) is 10.9. The fourth-order valence-electron chi connectivity index (χ4n) is 1.42. The Bertz CT molecular complexity index is 545. The Labute approximate surface area is 110 Å². The van der Waals surface area contributed by atoms with Gasteiger partial charge < -0.3 is 10.6 Å². The second-order valence-electron chi connectivity index (χ2n) is 3.66. The molecule has 0 aliphatic carbocycles. The van der Waals surface area contributed by atoms with Crippen LogP contribution in [-0.4, -0.2) is 27.0 Å². The van der Waals surface area contributed by atoms with Crippen LogP contribution in [-0.2, 0) is 6.54 Å². The van der Waals surface area contributed by atoms with Crippen molar-refractivity contribution >= 4 is 23.5 Å². The molecule has 0 aliphatic rings. The molecule has 94 valence electrons. The van der Waals surface area contributed by atoms with E-state index in [0.717, 1.165) is 11.1 Å². The molecular weight excluding hydrogens is 252 g/mol. The summed E-state index contributed by atoms with van der Waals surface area (Å²) in [6, 6.07) is 1.95. The number of pyridine rings is 1. The third kappa shape index (κ3) is 3.04. The van der Waals surface area contributed by atoms with Crippen molar-refractivity contribution in [2.75, 3.05) is 17.7 Å². The molecule has 2 rings (SSSR count). The number of nitrogens with zero attached hydrogens (tertiary/aromatic N) is 4. The van der Waals surface area contributed by atoms with Crippen molar-refractivity contribution in [3.63, 3.8) is 0 Å². The standard InChI is InChI=1S/C11H13ClN6/c1-7-5-14-4-3-8(7)6-15-11-17-9(12)16-10(13-2)18-11/h3-5H,6H2,1-2H3,(H2,13,15,16,17,18). The van der Waals surface area contributed by atoms with E-state index >= 15 is 0 Å². The Morgan fingerprint density at radius 2 is 2.00 bits per heavy atom. The van der Waals surface area contributed by atoms with Crippen molar-refractivity contribution in [2.45, 2.75) is 13.5 Å². The van der Waals surface area contributed by atoms with E-state index in [2.05, 4.69) is 30.6 Å². The molecule has 0 saturated heterocycles. The molecule has 0 atom stereocenters. The monoisotopic (exact) mass is 264 g/mol. The van der Waals surface area contributed by atoms with Gasteiger partial charge in [0.2, 0.25) is 17.2 Å². The number of anilines is 2. The Morgan fingerprint density at radius 1 is 1.22 bits per heavy atom. The molecule has 2 N–H and O–H groups in total. The van der Waals surface area contributed by atoms with Gasteiger partial charge in [-0.3, -0.25) is 4.98 Å². The maximum atomic E-state index is 5.79. The lowest BCUT2D eigenvalue weighted by atomic mass is 10.1. The van der Waals surface area contributed by atoms with E-state index in [1.165, 1.54) is 0 Å². The first kappa shape index (κ1) is 12.5. The van der Waals surface area contributed by atoms with Crippen LogP contribution in [0.4, 0.5) is 11.9 Å². The summed E-state index contributed by atoms with van der Waals surface area (Å²) < 4.78 is 0. The Morgan fingerprint density at radius 3 is 2.72 bits per heavy atom. The van der Waals surface area contributed by atoms with Crippen LogP contribution in [0.15, 0.2) is 18.5 Å². The maximum Gasteiger partial charge on any atom is 0.229 e. The van der Waals surface area contributed by atoms with Crippen molar-refractivity contribution in [3.8, 4) is 0 Å². The summed E-state index contributed by atoms with van der Waals surface area (Å²) in [5, 5.41) is 6.08. The number of halogens is 1. The molecule has 0 unspecified atom stereocenters. The summed E-state index contributed by atoms with van der Waals surface area (Å²) in [6.07, 6.45) is 3.57. The van der Waals surface area contributed by atoms with E-state index < -0.39 is 0 Å². The normalized spacial score (nSPS) is 10.2. The summed E-state index contributed by atoms with van der Waals surface area (Å²) in [5.41, 5.74) is 2.24. The zero-order chi connectivity index (χ0) is 13.0. The number of hydrogen-bond donors (Lipinski definition) is 2. The van der Waals surface area contributed by atoms with Gasteiger partial charge in [-0.15, -0.1) is 0 Å². The third-order valence-electron chi connectivity index (χ3n) is 2.41. The number of aromatic nitrogens is 4. The topological polar surface area (TPSA) is 75.6 Å². The molecule has 18 heavy (non-hydrogen) atoms. The van der Waals surface area contributed by atoms with Crippen LogP contribution in [0.25, 0.3) is 0 Å². The van der Waals surface area contributed by atoms with Gasteiger partial charge in [0.15, 0.2) is 0 Å². The van der Waals surface area contributed by atoms with Gasteiger partial charge in [-0.25, -0.2) is 0 Å². The lowest BCUT2D eigenvalue weighted by molar-refractivity contribution is 0.993. The fourth-order valence-corrected chi connectivity index (χ4v) is 1.58. The van der Waals surface area contributed by atoms with Crippen LogP contribution in [0.2, 0.25) is 5.28 Å². The highest BCUT2D eigenvalue weighted by atomic mass is 35.5. The Balaban J connectivity index is 2.11. The highest BCUT2D eigenvalue weighted by Crippen LogP contribution is 2.11. The first-order valence-corrected chi connectivity index (χ1v) is 5.79. The summed E-state index contributed by atoms with van der Waals surface area (Å²) in [7, 11) is 1.72. The van der Waals surface area contributed by atoms with E-state index in [1.807, 2.05) is 19.2 Å². The van der Waals surface area contributed by atoms with Crippen LogP contribution in [0.1, 0.15) is 11.1 Å². The van der Waals surface area contributed by atoms with Gasteiger partial charge >= 0.3 is 0 Å². The molecule has 0 fully saturated rings. The van der Waals surface area contributed by atoms with Crippen LogP contribution >= 0.6 is 11.6 Å². The van der Waals surface area contributed by atoms with E-state index in [4.69, 9.17) is 11.6 Å². The van der Waals surface area contributed by atoms with Gasteiger partial charge in [0, 0.05) is 26.0 Å². The Hall–Kier alpha value is -1.95. The molecule has 0 aliphatic heterocycles.